The second-order valence-corrected chi connectivity index (χ2v) is 16.9. The molecule has 0 aliphatic rings. The number of aromatic nitrogens is 3. The van der Waals surface area contributed by atoms with E-state index in [1.54, 1.807) is 53.3 Å². The lowest BCUT2D eigenvalue weighted by Gasteiger charge is -2.27. The van der Waals surface area contributed by atoms with E-state index in [4.69, 9.17) is 9.47 Å². The topological polar surface area (TPSA) is 89.7 Å². The number of hydrogen-bond donors (Lipinski definition) is 1. The molecule has 218 valence electrons. The van der Waals surface area contributed by atoms with Crippen LogP contribution in [0.15, 0.2) is 54.9 Å². The van der Waals surface area contributed by atoms with E-state index in [2.05, 4.69) is 29.7 Å². The third-order valence-corrected chi connectivity index (χ3v) is 8.86. The molecule has 0 bridgehead atoms. The molecule has 0 aliphatic carbocycles. The Morgan fingerprint density at radius 1 is 1.17 bits per heavy atom. The Morgan fingerprint density at radius 2 is 1.95 bits per heavy atom. The zero-order valence-corrected chi connectivity index (χ0v) is 25.6. The number of ether oxygens (including phenoxy) is 2. The number of amides is 1. The zero-order valence-electron chi connectivity index (χ0n) is 24.6. The Hall–Kier alpha value is -3.60. The molecule has 4 aromatic rings. The number of aliphatic hydroxyl groups is 1. The Bertz CT molecular complexity index is 1520. The fourth-order valence-corrected chi connectivity index (χ4v) is 5.41. The summed E-state index contributed by atoms with van der Waals surface area (Å²) in [4.78, 5) is 19.8. The van der Waals surface area contributed by atoms with Gasteiger partial charge in [0.1, 0.15) is 18.3 Å². The predicted octanol–water partition coefficient (Wildman–Crippen LogP) is 6.27. The van der Waals surface area contributed by atoms with Crippen molar-refractivity contribution < 1.29 is 23.8 Å². The average Bonchev–Trinajstić information content (AvgIpc) is 3.37. The molecule has 0 fully saturated rings. The van der Waals surface area contributed by atoms with Gasteiger partial charge in [-0.2, -0.15) is 5.10 Å². The van der Waals surface area contributed by atoms with Gasteiger partial charge in [0.05, 0.1) is 36.7 Å². The second kappa shape index (κ2) is 12.9. The van der Waals surface area contributed by atoms with E-state index in [0.29, 0.717) is 41.3 Å². The van der Waals surface area contributed by atoms with Crippen LogP contribution in [0.3, 0.4) is 0 Å². The van der Waals surface area contributed by atoms with E-state index in [9.17, 15) is 14.3 Å². The number of carbonyl (C=O) groups excluding carboxylic acids is 1. The number of hydrogen-bond acceptors (Lipinski definition) is 6. The fourth-order valence-electron chi connectivity index (χ4n) is 4.65. The molecule has 8 nitrogen and oxygen atoms in total. The number of aliphatic hydroxyl groups excluding tert-OH is 1. The summed E-state index contributed by atoms with van der Waals surface area (Å²) in [5, 5.41) is 15.1. The van der Waals surface area contributed by atoms with Crippen LogP contribution < -0.4 is 4.74 Å². The molecule has 1 amide bonds. The monoisotopic (exact) mass is 578 g/mol. The standard InChI is InChI=1S/C31H39FN4O4Si/c1-7-40-29-16-23(11-12-25(29)22-9-8-10-24(32)15-22)31(38)35(3)21(2)26-17-33-28(19-37)27-18-34-36(30(26)27)20-39-13-14-41(4,5)6/h8-12,15-18,21,37H,7,13-14,19-20H2,1-6H3. The van der Waals surface area contributed by atoms with Crippen molar-refractivity contribution in [1.29, 1.82) is 0 Å². The smallest absolute Gasteiger partial charge is 0.254 e. The summed E-state index contributed by atoms with van der Waals surface area (Å²) >= 11 is 0. The Labute approximate surface area is 241 Å². The van der Waals surface area contributed by atoms with Gasteiger partial charge in [0, 0.05) is 50.0 Å². The number of fused-ring (bicyclic) bond motifs is 1. The SMILES string of the molecule is CCOc1cc(C(=O)N(C)C(C)c2cnc(CO)c3cnn(COCC[Si](C)(C)C)c23)ccc1-c1cccc(F)c1. The molecule has 1 unspecified atom stereocenters. The number of pyridine rings is 1. The third kappa shape index (κ3) is 7.01. The van der Waals surface area contributed by atoms with E-state index in [0.717, 1.165) is 22.5 Å². The summed E-state index contributed by atoms with van der Waals surface area (Å²) in [6, 6.07) is 12.2. The Morgan fingerprint density at radius 3 is 2.63 bits per heavy atom. The van der Waals surface area contributed by atoms with Gasteiger partial charge in [-0.1, -0.05) is 31.8 Å². The minimum Gasteiger partial charge on any atom is -0.493 e. The van der Waals surface area contributed by atoms with E-state index < -0.39 is 8.07 Å². The van der Waals surface area contributed by atoms with Crippen LogP contribution in [0.25, 0.3) is 22.0 Å². The summed E-state index contributed by atoms with van der Waals surface area (Å²) in [6.45, 7) is 11.8. The highest BCUT2D eigenvalue weighted by Crippen LogP contribution is 2.34. The molecule has 2 aromatic carbocycles. The van der Waals surface area contributed by atoms with Gasteiger partial charge in [0.2, 0.25) is 0 Å². The first-order valence-corrected chi connectivity index (χ1v) is 17.6. The number of carbonyl (C=O) groups is 1. The van der Waals surface area contributed by atoms with Crippen LogP contribution in [0.1, 0.15) is 41.5 Å². The van der Waals surface area contributed by atoms with Crippen molar-refractivity contribution in [3.63, 3.8) is 0 Å². The summed E-state index contributed by atoms with van der Waals surface area (Å²) in [5.41, 5.74) is 3.92. The molecule has 1 N–H and O–H groups in total. The average molecular weight is 579 g/mol. The molecule has 0 saturated carbocycles. The van der Waals surface area contributed by atoms with Crippen LogP contribution in [0.5, 0.6) is 5.75 Å². The molecule has 0 spiro atoms. The van der Waals surface area contributed by atoms with Gasteiger partial charge in [-0.05, 0) is 55.8 Å². The lowest BCUT2D eigenvalue weighted by molar-refractivity contribution is 0.0739. The maximum absolute atomic E-state index is 13.9. The van der Waals surface area contributed by atoms with Crippen molar-refractivity contribution in [2.24, 2.45) is 0 Å². The van der Waals surface area contributed by atoms with Crippen LogP contribution in [-0.2, 0) is 18.1 Å². The van der Waals surface area contributed by atoms with Gasteiger partial charge in [0.25, 0.3) is 5.91 Å². The van der Waals surface area contributed by atoms with Crippen LogP contribution in [0.2, 0.25) is 25.7 Å². The molecule has 0 saturated heterocycles. The zero-order chi connectivity index (χ0) is 29.7. The fraction of sp³-hybridized carbons (Fsp3) is 0.387. The molecule has 2 aromatic heterocycles. The number of halogens is 1. The quantitative estimate of drug-likeness (QED) is 0.157. The number of rotatable bonds is 12. The first-order valence-electron chi connectivity index (χ1n) is 13.9. The molecule has 4 rings (SSSR count). The molecule has 41 heavy (non-hydrogen) atoms. The lowest BCUT2D eigenvalue weighted by Crippen LogP contribution is -2.30. The third-order valence-electron chi connectivity index (χ3n) is 7.16. The largest absolute Gasteiger partial charge is 0.493 e. The van der Waals surface area contributed by atoms with E-state index in [1.807, 2.05) is 19.9 Å². The van der Waals surface area contributed by atoms with Crippen molar-refractivity contribution in [3.8, 4) is 16.9 Å². The van der Waals surface area contributed by atoms with Crippen LogP contribution >= 0.6 is 0 Å². The number of benzene rings is 2. The molecular formula is C31H39FN4O4Si. The maximum atomic E-state index is 13.9. The normalized spacial score (nSPS) is 12.5. The highest BCUT2D eigenvalue weighted by Gasteiger charge is 2.25. The minimum absolute atomic E-state index is 0.207. The predicted molar refractivity (Wildman–Crippen MR) is 161 cm³/mol. The molecule has 1 atom stereocenters. The van der Waals surface area contributed by atoms with Crippen molar-refractivity contribution in [1.82, 2.24) is 19.7 Å². The highest BCUT2D eigenvalue weighted by atomic mass is 28.3. The van der Waals surface area contributed by atoms with E-state index in [1.165, 1.54) is 12.1 Å². The minimum atomic E-state index is -1.24. The van der Waals surface area contributed by atoms with Crippen molar-refractivity contribution in [2.45, 2.75) is 58.9 Å². The summed E-state index contributed by atoms with van der Waals surface area (Å²) < 4.78 is 27.5. The van der Waals surface area contributed by atoms with Gasteiger partial charge in [-0.15, -0.1) is 0 Å². The molecule has 10 heteroatoms. The van der Waals surface area contributed by atoms with E-state index in [-0.39, 0.29) is 31.1 Å². The van der Waals surface area contributed by atoms with Gasteiger partial charge < -0.3 is 19.5 Å². The van der Waals surface area contributed by atoms with Gasteiger partial charge >= 0.3 is 0 Å². The Balaban J connectivity index is 1.63. The second-order valence-electron chi connectivity index (χ2n) is 11.3. The first kappa shape index (κ1) is 30.4. The summed E-state index contributed by atoms with van der Waals surface area (Å²) in [5.74, 6) is -0.0394. The Kier molecular flexibility index (Phi) is 9.57. The maximum Gasteiger partial charge on any atom is 0.254 e. The van der Waals surface area contributed by atoms with Crippen LogP contribution in [-0.4, -0.2) is 59.0 Å². The van der Waals surface area contributed by atoms with Gasteiger partial charge in [-0.25, -0.2) is 9.07 Å². The van der Waals surface area contributed by atoms with Crippen molar-refractivity contribution in [3.05, 3.63) is 77.5 Å². The summed E-state index contributed by atoms with van der Waals surface area (Å²) in [6.07, 6.45) is 3.38. The van der Waals surface area contributed by atoms with E-state index >= 15 is 0 Å². The van der Waals surface area contributed by atoms with Crippen molar-refractivity contribution >= 4 is 24.9 Å². The lowest BCUT2D eigenvalue weighted by atomic mass is 10.0. The number of nitrogens with zero attached hydrogens (tertiary/aromatic N) is 4. The van der Waals surface area contributed by atoms with Gasteiger partial charge in [-0.3, -0.25) is 9.78 Å². The first-order chi connectivity index (χ1) is 19.5. The van der Waals surface area contributed by atoms with Crippen LogP contribution in [0.4, 0.5) is 4.39 Å². The molecule has 0 aliphatic heterocycles. The summed E-state index contributed by atoms with van der Waals surface area (Å²) in [7, 11) is 0.502. The van der Waals surface area contributed by atoms with Crippen molar-refractivity contribution in [2.75, 3.05) is 20.3 Å². The van der Waals surface area contributed by atoms with Gasteiger partial charge in [0.15, 0.2) is 0 Å². The molecular weight excluding hydrogens is 539 g/mol. The molecule has 0 radical (unpaired) electrons. The van der Waals surface area contributed by atoms with Crippen LogP contribution in [0, 0.1) is 5.82 Å². The highest BCUT2D eigenvalue weighted by molar-refractivity contribution is 6.76. The molecule has 2 heterocycles.